The Labute approximate surface area is 175 Å². The number of nitrogens with zero attached hydrogens (tertiary/aromatic N) is 2. The molecule has 2 atom stereocenters. The molecule has 0 bridgehead atoms. The van der Waals surface area contributed by atoms with Crippen LogP contribution in [0, 0.1) is 6.92 Å². The van der Waals surface area contributed by atoms with Crippen LogP contribution in [0.1, 0.15) is 45.6 Å². The lowest BCUT2D eigenvalue weighted by Gasteiger charge is -2.35. The zero-order valence-electron chi connectivity index (χ0n) is 17.0. The van der Waals surface area contributed by atoms with Crippen molar-refractivity contribution in [2.24, 2.45) is 0 Å². The van der Waals surface area contributed by atoms with Gasteiger partial charge in [-0.25, -0.2) is 14.6 Å². The number of rotatable bonds is 4. The van der Waals surface area contributed by atoms with Crippen LogP contribution in [-0.4, -0.2) is 28.7 Å². The molecule has 2 amide bonds. The lowest BCUT2D eigenvalue weighted by atomic mass is 9.84. The van der Waals surface area contributed by atoms with Gasteiger partial charge in [-0.1, -0.05) is 30.3 Å². The van der Waals surface area contributed by atoms with E-state index in [9.17, 15) is 9.59 Å². The number of imidazole rings is 1. The van der Waals surface area contributed by atoms with Gasteiger partial charge in [0, 0.05) is 18.1 Å². The average molecular weight is 404 g/mol. The van der Waals surface area contributed by atoms with E-state index in [1.165, 1.54) is 12.7 Å². The Balaban J connectivity index is 1.58. The summed E-state index contributed by atoms with van der Waals surface area (Å²) in [6.45, 7) is 1.88. The third-order valence-electron chi connectivity index (χ3n) is 5.59. The fraction of sp³-hybridized carbons (Fsp3) is 0.261. The SMILES string of the molecule is COC(=O)c1ccc(C)c(NC(=O)N[C@@H]2c3ccccc3CC[C@H]2n2ccnc2)c1. The minimum Gasteiger partial charge on any atom is -0.465 e. The van der Waals surface area contributed by atoms with Gasteiger partial charge >= 0.3 is 12.0 Å². The summed E-state index contributed by atoms with van der Waals surface area (Å²) in [4.78, 5) is 28.9. The molecule has 0 saturated heterocycles. The number of anilines is 1. The number of benzene rings is 2. The van der Waals surface area contributed by atoms with Gasteiger partial charge in [0.25, 0.3) is 0 Å². The Morgan fingerprint density at radius 2 is 2.03 bits per heavy atom. The number of fused-ring (bicyclic) bond motifs is 1. The number of ether oxygens (including phenoxy) is 1. The van der Waals surface area contributed by atoms with E-state index in [4.69, 9.17) is 4.74 Å². The summed E-state index contributed by atoms with van der Waals surface area (Å²) >= 11 is 0. The second-order valence-electron chi connectivity index (χ2n) is 7.41. The van der Waals surface area contributed by atoms with Gasteiger partial charge in [-0.15, -0.1) is 0 Å². The van der Waals surface area contributed by atoms with E-state index in [1.54, 1.807) is 30.7 Å². The molecule has 0 unspecified atom stereocenters. The number of carbonyl (C=O) groups excluding carboxylic acids is 2. The van der Waals surface area contributed by atoms with E-state index in [1.807, 2.05) is 29.8 Å². The Bertz CT molecular complexity index is 1060. The van der Waals surface area contributed by atoms with Gasteiger partial charge in [-0.3, -0.25) is 0 Å². The largest absolute Gasteiger partial charge is 0.465 e. The monoisotopic (exact) mass is 404 g/mol. The zero-order chi connectivity index (χ0) is 21.1. The van der Waals surface area contributed by atoms with E-state index in [0.29, 0.717) is 11.3 Å². The van der Waals surface area contributed by atoms with Crippen molar-refractivity contribution in [3.05, 3.63) is 83.4 Å². The Hall–Kier alpha value is -3.61. The highest BCUT2D eigenvalue weighted by Crippen LogP contribution is 2.37. The first-order chi connectivity index (χ1) is 14.6. The molecule has 1 heterocycles. The van der Waals surface area contributed by atoms with Crippen molar-refractivity contribution in [2.75, 3.05) is 12.4 Å². The van der Waals surface area contributed by atoms with Gasteiger partial charge in [0.15, 0.2) is 0 Å². The van der Waals surface area contributed by atoms with Crippen LogP contribution in [0.2, 0.25) is 0 Å². The van der Waals surface area contributed by atoms with Crippen LogP contribution < -0.4 is 10.6 Å². The maximum atomic E-state index is 12.9. The fourth-order valence-corrected chi connectivity index (χ4v) is 4.00. The molecule has 0 aliphatic heterocycles. The zero-order valence-corrected chi connectivity index (χ0v) is 17.0. The van der Waals surface area contributed by atoms with Crippen molar-refractivity contribution >= 4 is 17.7 Å². The first-order valence-electron chi connectivity index (χ1n) is 9.88. The van der Waals surface area contributed by atoms with Crippen LogP contribution in [0.3, 0.4) is 0 Å². The Morgan fingerprint density at radius 3 is 2.80 bits per heavy atom. The van der Waals surface area contributed by atoms with E-state index < -0.39 is 5.97 Å². The quantitative estimate of drug-likeness (QED) is 0.643. The predicted octanol–water partition coefficient (Wildman–Crippen LogP) is 4.03. The maximum absolute atomic E-state index is 12.9. The molecule has 3 aromatic rings. The number of urea groups is 1. The molecular weight excluding hydrogens is 380 g/mol. The smallest absolute Gasteiger partial charge is 0.337 e. The van der Waals surface area contributed by atoms with Crippen LogP contribution >= 0.6 is 0 Å². The van der Waals surface area contributed by atoms with Crippen LogP contribution in [0.15, 0.2) is 61.2 Å². The number of hydrogen-bond donors (Lipinski definition) is 2. The highest BCUT2D eigenvalue weighted by atomic mass is 16.5. The number of esters is 1. The van der Waals surface area contributed by atoms with Gasteiger partial charge in [0.05, 0.1) is 31.1 Å². The van der Waals surface area contributed by atoms with Gasteiger partial charge in [-0.2, -0.15) is 0 Å². The molecule has 7 nitrogen and oxygen atoms in total. The molecular formula is C23H24N4O3. The van der Waals surface area contributed by atoms with Crippen molar-refractivity contribution in [2.45, 2.75) is 31.8 Å². The predicted molar refractivity (Wildman–Crippen MR) is 113 cm³/mol. The molecule has 154 valence electrons. The molecule has 7 heteroatoms. The molecule has 30 heavy (non-hydrogen) atoms. The third kappa shape index (κ3) is 3.91. The van der Waals surface area contributed by atoms with Crippen molar-refractivity contribution in [1.29, 1.82) is 0 Å². The van der Waals surface area contributed by atoms with Crippen LogP contribution in [-0.2, 0) is 11.2 Å². The van der Waals surface area contributed by atoms with Gasteiger partial charge in [-0.05, 0) is 48.6 Å². The van der Waals surface area contributed by atoms with E-state index in [-0.39, 0.29) is 18.1 Å². The summed E-state index contributed by atoms with van der Waals surface area (Å²) in [5.74, 6) is -0.445. The summed E-state index contributed by atoms with van der Waals surface area (Å²) < 4.78 is 6.82. The van der Waals surface area contributed by atoms with Crippen molar-refractivity contribution in [3.63, 3.8) is 0 Å². The molecule has 1 aliphatic carbocycles. The average Bonchev–Trinajstić information content (AvgIpc) is 3.29. The number of aryl methyl sites for hydroxylation is 2. The summed E-state index contributed by atoms with van der Waals surface area (Å²) in [6.07, 6.45) is 7.30. The molecule has 1 aliphatic rings. The van der Waals surface area contributed by atoms with E-state index >= 15 is 0 Å². The number of carbonyl (C=O) groups is 2. The van der Waals surface area contributed by atoms with E-state index in [2.05, 4.69) is 27.8 Å². The molecule has 2 N–H and O–H groups in total. The van der Waals surface area contributed by atoms with Gasteiger partial charge < -0.3 is 19.9 Å². The van der Waals surface area contributed by atoms with E-state index in [0.717, 1.165) is 24.0 Å². The molecule has 0 spiro atoms. The third-order valence-corrected chi connectivity index (χ3v) is 5.59. The lowest BCUT2D eigenvalue weighted by molar-refractivity contribution is 0.0600. The maximum Gasteiger partial charge on any atom is 0.337 e. The highest BCUT2D eigenvalue weighted by Gasteiger charge is 2.31. The topological polar surface area (TPSA) is 85.2 Å². The van der Waals surface area contributed by atoms with Crippen LogP contribution in [0.25, 0.3) is 0 Å². The number of nitrogens with one attached hydrogen (secondary N) is 2. The number of aromatic nitrogens is 2. The van der Waals surface area contributed by atoms with Crippen molar-refractivity contribution < 1.29 is 14.3 Å². The highest BCUT2D eigenvalue weighted by molar-refractivity contribution is 5.94. The minimum atomic E-state index is -0.445. The second-order valence-corrected chi connectivity index (χ2v) is 7.41. The first-order valence-corrected chi connectivity index (χ1v) is 9.88. The second kappa shape index (κ2) is 8.41. The van der Waals surface area contributed by atoms with Gasteiger partial charge in [0.2, 0.25) is 0 Å². The van der Waals surface area contributed by atoms with Crippen molar-refractivity contribution in [3.8, 4) is 0 Å². The summed E-state index contributed by atoms with van der Waals surface area (Å²) in [7, 11) is 1.33. The first kappa shape index (κ1) is 19.7. The standard InChI is InChI=1S/C23H24N4O3/c1-15-7-8-17(22(28)30-2)13-19(15)25-23(29)26-21-18-6-4-3-5-16(18)9-10-20(21)27-12-11-24-14-27/h3-8,11-14,20-21H,9-10H2,1-2H3,(H2,25,26,29)/t20-,21-/m1/s1. The molecule has 0 saturated carbocycles. The molecule has 4 rings (SSSR count). The molecule has 0 fully saturated rings. The lowest BCUT2D eigenvalue weighted by Crippen LogP contribution is -2.39. The van der Waals surface area contributed by atoms with Crippen molar-refractivity contribution in [1.82, 2.24) is 14.9 Å². The Morgan fingerprint density at radius 1 is 1.20 bits per heavy atom. The molecule has 0 radical (unpaired) electrons. The minimum absolute atomic E-state index is 0.0654. The summed E-state index contributed by atoms with van der Waals surface area (Å²) in [6, 6.07) is 12.8. The Kier molecular flexibility index (Phi) is 5.52. The normalized spacial score (nSPS) is 17.7. The summed E-state index contributed by atoms with van der Waals surface area (Å²) in [5, 5.41) is 6.03. The number of hydrogen-bond acceptors (Lipinski definition) is 4. The summed E-state index contributed by atoms with van der Waals surface area (Å²) in [5.41, 5.74) is 4.16. The fourth-order valence-electron chi connectivity index (χ4n) is 4.00. The molecule has 2 aromatic carbocycles. The van der Waals surface area contributed by atoms with Crippen LogP contribution in [0.5, 0.6) is 0 Å². The number of amides is 2. The van der Waals surface area contributed by atoms with Crippen LogP contribution in [0.4, 0.5) is 10.5 Å². The molecule has 1 aromatic heterocycles. The van der Waals surface area contributed by atoms with Gasteiger partial charge in [0.1, 0.15) is 0 Å². The number of methoxy groups -OCH3 is 1.